The van der Waals surface area contributed by atoms with Crippen LogP contribution in [0.15, 0.2) is 24.3 Å². The molecule has 0 aliphatic carbocycles. The lowest BCUT2D eigenvalue weighted by atomic mass is 10.1. The minimum atomic E-state index is -1.02. The van der Waals surface area contributed by atoms with Crippen LogP contribution in [0, 0.1) is 5.92 Å². The molecule has 2 N–H and O–H groups in total. The second kappa shape index (κ2) is 8.09. The molecule has 0 heterocycles. The van der Waals surface area contributed by atoms with Crippen LogP contribution in [0.4, 0.5) is 5.69 Å². The van der Waals surface area contributed by atoms with Crippen molar-refractivity contribution < 1.29 is 19.4 Å². The van der Waals surface area contributed by atoms with Crippen molar-refractivity contribution in [1.29, 1.82) is 0 Å². The first-order valence-electron chi connectivity index (χ1n) is 6.87. The topological polar surface area (TPSA) is 75.6 Å². The molecule has 21 heavy (non-hydrogen) atoms. The molecule has 1 rings (SSSR count). The molecule has 1 aromatic rings. The summed E-state index contributed by atoms with van der Waals surface area (Å²) in [5.41, 5.74) is 1.22. The monoisotopic (exact) mass is 291 g/mol. The van der Waals surface area contributed by atoms with E-state index in [1.807, 2.05) is 13.8 Å². The number of carboxylic acids is 1. The van der Waals surface area contributed by atoms with Gasteiger partial charge in [0.25, 0.3) is 0 Å². The first-order chi connectivity index (χ1) is 9.97. The Balaban J connectivity index is 2.95. The zero-order valence-corrected chi connectivity index (χ0v) is 12.6. The summed E-state index contributed by atoms with van der Waals surface area (Å²) in [5.74, 6) is -0.639. The highest BCUT2D eigenvalue weighted by Crippen LogP contribution is 2.27. The van der Waals surface area contributed by atoms with Crippen LogP contribution in [0.2, 0.25) is 0 Å². The first-order valence-corrected chi connectivity index (χ1v) is 6.87. The number of carbonyl (C=O) groups excluding carboxylic acids is 1. The molecule has 0 radical (unpaired) electrons. The van der Waals surface area contributed by atoms with Crippen LogP contribution >= 0.6 is 0 Å². The SMILES string of the molecule is CCCC(C)C(=O)Nc1cc(C=CC(=O)O)ccc1OC. The van der Waals surface area contributed by atoms with Crippen LogP contribution in [-0.4, -0.2) is 24.1 Å². The van der Waals surface area contributed by atoms with Gasteiger partial charge < -0.3 is 15.2 Å². The van der Waals surface area contributed by atoms with Crippen molar-refractivity contribution in [3.05, 3.63) is 29.8 Å². The lowest BCUT2D eigenvalue weighted by Crippen LogP contribution is -2.20. The van der Waals surface area contributed by atoms with Gasteiger partial charge in [0, 0.05) is 12.0 Å². The van der Waals surface area contributed by atoms with E-state index in [2.05, 4.69) is 5.32 Å². The van der Waals surface area contributed by atoms with E-state index in [0.717, 1.165) is 18.9 Å². The molecule has 0 bridgehead atoms. The van der Waals surface area contributed by atoms with E-state index in [0.29, 0.717) is 17.0 Å². The fraction of sp³-hybridized carbons (Fsp3) is 0.375. The number of nitrogens with one attached hydrogen (secondary N) is 1. The summed E-state index contributed by atoms with van der Waals surface area (Å²) >= 11 is 0. The number of carbonyl (C=O) groups is 2. The van der Waals surface area contributed by atoms with Gasteiger partial charge in [-0.3, -0.25) is 4.79 Å². The molecule has 1 aromatic carbocycles. The number of anilines is 1. The standard InChI is InChI=1S/C16H21NO4/c1-4-5-11(2)16(20)17-13-10-12(7-9-15(18)19)6-8-14(13)21-3/h6-11H,4-5H2,1-3H3,(H,17,20)(H,18,19). The van der Waals surface area contributed by atoms with Gasteiger partial charge in [-0.15, -0.1) is 0 Å². The van der Waals surface area contributed by atoms with E-state index in [1.54, 1.807) is 18.2 Å². The fourth-order valence-electron chi connectivity index (χ4n) is 1.91. The maximum atomic E-state index is 12.1. The molecule has 0 aliphatic heterocycles. The first kappa shape index (κ1) is 16.8. The van der Waals surface area contributed by atoms with Gasteiger partial charge >= 0.3 is 5.97 Å². The number of rotatable bonds is 7. The third-order valence-corrected chi connectivity index (χ3v) is 3.07. The molecule has 114 valence electrons. The fourth-order valence-corrected chi connectivity index (χ4v) is 1.91. The Bertz CT molecular complexity index is 537. The minimum absolute atomic E-state index is 0.0745. The number of carboxylic acid groups (broad SMARTS) is 1. The van der Waals surface area contributed by atoms with Gasteiger partial charge in [-0.25, -0.2) is 4.79 Å². The smallest absolute Gasteiger partial charge is 0.328 e. The van der Waals surface area contributed by atoms with Gasteiger partial charge in [0.1, 0.15) is 5.75 Å². The summed E-state index contributed by atoms with van der Waals surface area (Å²) in [6.07, 6.45) is 4.26. The largest absolute Gasteiger partial charge is 0.495 e. The van der Waals surface area contributed by atoms with Crippen LogP contribution in [-0.2, 0) is 9.59 Å². The van der Waals surface area contributed by atoms with Crippen molar-refractivity contribution in [2.75, 3.05) is 12.4 Å². The number of amides is 1. The Kier molecular flexibility index (Phi) is 6.46. The van der Waals surface area contributed by atoms with Crippen molar-refractivity contribution in [3.63, 3.8) is 0 Å². The number of hydrogen-bond acceptors (Lipinski definition) is 3. The van der Waals surface area contributed by atoms with E-state index >= 15 is 0 Å². The van der Waals surface area contributed by atoms with Crippen molar-refractivity contribution in [1.82, 2.24) is 0 Å². The highest BCUT2D eigenvalue weighted by molar-refractivity contribution is 5.94. The quantitative estimate of drug-likeness (QED) is 0.757. The highest BCUT2D eigenvalue weighted by Gasteiger charge is 2.14. The van der Waals surface area contributed by atoms with Crippen molar-refractivity contribution in [2.24, 2.45) is 5.92 Å². The van der Waals surface area contributed by atoms with Gasteiger partial charge in [0.05, 0.1) is 12.8 Å². The van der Waals surface area contributed by atoms with E-state index in [-0.39, 0.29) is 11.8 Å². The second-order valence-electron chi connectivity index (χ2n) is 4.81. The third-order valence-electron chi connectivity index (χ3n) is 3.07. The van der Waals surface area contributed by atoms with Crippen LogP contribution in [0.5, 0.6) is 5.75 Å². The molecule has 1 unspecified atom stereocenters. The molecule has 0 aromatic heterocycles. The number of benzene rings is 1. The summed E-state index contributed by atoms with van der Waals surface area (Å²) in [6.45, 7) is 3.90. The molecule has 0 aliphatic rings. The molecule has 0 saturated heterocycles. The Hall–Kier alpha value is -2.30. The van der Waals surface area contributed by atoms with E-state index in [1.165, 1.54) is 13.2 Å². The number of ether oxygens (including phenoxy) is 1. The summed E-state index contributed by atoms with van der Waals surface area (Å²) in [7, 11) is 1.52. The molecule has 5 heteroatoms. The van der Waals surface area contributed by atoms with Crippen LogP contribution in [0.3, 0.4) is 0 Å². The molecule has 1 atom stereocenters. The molecule has 0 spiro atoms. The van der Waals surface area contributed by atoms with Gasteiger partial charge in [-0.1, -0.05) is 26.3 Å². The Morgan fingerprint density at radius 3 is 2.71 bits per heavy atom. The second-order valence-corrected chi connectivity index (χ2v) is 4.81. The van der Waals surface area contributed by atoms with Crippen molar-refractivity contribution >= 4 is 23.6 Å². The summed E-state index contributed by atoms with van der Waals surface area (Å²) in [6, 6.07) is 5.11. The summed E-state index contributed by atoms with van der Waals surface area (Å²) < 4.78 is 5.21. The average Bonchev–Trinajstić information content (AvgIpc) is 2.45. The van der Waals surface area contributed by atoms with Gasteiger partial charge in [-0.05, 0) is 30.2 Å². The maximum absolute atomic E-state index is 12.1. The minimum Gasteiger partial charge on any atom is -0.495 e. The van der Waals surface area contributed by atoms with Crippen molar-refractivity contribution in [3.8, 4) is 5.75 Å². The zero-order chi connectivity index (χ0) is 15.8. The normalized spacial score (nSPS) is 12.1. The number of hydrogen-bond donors (Lipinski definition) is 2. The van der Waals surface area contributed by atoms with Crippen LogP contribution in [0.1, 0.15) is 32.3 Å². The maximum Gasteiger partial charge on any atom is 0.328 e. The molecule has 1 amide bonds. The van der Waals surface area contributed by atoms with E-state index in [9.17, 15) is 9.59 Å². The van der Waals surface area contributed by atoms with Crippen LogP contribution < -0.4 is 10.1 Å². The predicted molar refractivity (Wildman–Crippen MR) is 82.4 cm³/mol. The average molecular weight is 291 g/mol. The summed E-state index contributed by atoms with van der Waals surface area (Å²) in [5, 5.41) is 11.5. The Morgan fingerprint density at radius 1 is 1.43 bits per heavy atom. The molecule has 0 fully saturated rings. The number of aliphatic carboxylic acids is 1. The molecule has 5 nitrogen and oxygen atoms in total. The van der Waals surface area contributed by atoms with E-state index in [4.69, 9.17) is 9.84 Å². The third kappa shape index (κ3) is 5.30. The predicted octanol–water partition coefficient (Wildman–Crippen LogP) is 3.17. The van der Waals surface area contributed by atoms with Gasteiger partial charge in [0.15, 0.2) is 0 Å². The van der Waals surface area contributed by atoms with Gasteiger partial charge in [-0.2, -0.15) is 0 Å². The summed E-state index contributed by atoms with van der Waals surface area (Å²) in [4.78, 5) is 22.6. The Labute approximate surface area is 124 Å². The van der Waals surface area contributed by atoms with Crippen LogP contribution in [0.25, 0.3) is 6.08 Å². The molecule has 0 saturated carbocycles. The zero-order valence-electron chi connectivity index (χ0n) is 12.6. The molecular weight excluding hydrogens is 270 g/mol. The Morgan fingerprint density at radius 2 is 2.14 bits per heavy atom. The number of methoxy groups -OCH3 is 1. The lowest BCUT2D eigenvalue weighted by molar-refractivity contribution is -0.131. The van der Waals surface area contributed by atoms with E-state index < -0.39 is 5.97 Å². The van der Waals surface area contributed by atoms with Crippen molar-refractivity contribution in [2.45, 2.75) is 26.7 Å². The highest BCUT2D eigenvalue weighted by atomic mass is 16.5. The molecular formula is C16H21NO4. The lowest BCUT2D eigenvalue weighted by Gasteiger charge is -2.14. The van der Waals surface area contributed by atoms with Gasteiger partial charge in [0.2, 0.25) is 5.91 Å².